The largest absolute Gasteiger partial charge is 0.324 e. The highest BCUT2D eigenvalue weighted by atomic mass is 79.9. The Balaban J connectivity index is 1.38. The number of anilines is 1. The van der Waals surface area contributed by atoms with Gasteiger partial charge < -0.3 is 15.1 Å². The molecule has 2 aromatic rings. The SMILES string of the molecule is CSc1ccc(NC(=O)N2CCC3(CC2)SCCN3C(=O)c2ccc(Br)cc2)cc1. The van der Waals surface area contributed by atoms with E-state index < -0.39 is 0 Å². The number of nitrogens with zero attached hydrogens (tertiary/aromatic N) is 2. The molecule has 4 rings (SSSR count). The van der Waals surface area contributed by atoms with Crippen LogP contribution in [-0.4, -0.2) is 58.3 Å². The van der Waals surface area contributed by atoms with Crippen molar-refractivity contribution in [3.8, 4) is 0 Å². The first kappa shape index (κ1) is 21.6. The van der Waals surface area contributed by atoms with Gasteiger partial charge >= 0.3 is 6.03 Å². The van der Waals surface area contributed by atoms with Gasteiger partial charge in [-0.05, 0) is 67.6 Å². The molecule has 0 aromatic heterocycles. The van der Waals surface area contributed by atoms with Gasteiger partial charge in [0.05, 0.1) is 4.87 Å². The molecule has 0 aliphatic carbocycles. The second-order valence-electron chi connectivity index (χ2n) is 7.40. The minimum atomic E-state index is -0.207. The Morgan fingerprint density at radius 1 is 1.03 bits per heavy atom. The zero-order valence-electron chi connectivity index (χ0n) is 16.8. The Labute approximate surface area is 194 Å². The second-order valence-corrected chi connectivity index (χ2v) is 10.7. The van der Waals surface area contributed by atoms with E-state index in [2.05, 4.69) is 21.2 Å². The zero-order chi connectivity index (χ0) is 21.1. The van der Waals surface area contributed by atoms with Gasteiger partial charge in [0.2, 0.25) is 0 Å². The Kier molecular flexibility index (Phi) is 6.65. The summed E-state index contributed by atoms with van der Waals surface area (Å²) in [4.78, 5) is 30.7. The van der Waals surface area contributed by atoms with Crippen LogP contribution in [0.4, 0.5) is 10.5 Å². The number of thioether (sulfide) groups is 2. The molecule has 2 aliphatic rings. The number of nitrogens with one attached hydrogen (secondary N) is 1. The zero-order valence-corrected chi connectivity index (χ0v) is 20.0. The van der Waals surface area contributed by atoms with Crippen LogP contribution in [0, 0.1) is 0 Å². The third kappa shape index (κ3) is 4.50. The maximum Gasteiger partial charge on any atom is 0.321 e. The molecule has 158 valence electrons. The Morgan fingerprint density at radius 2 is 1.70 bits per heavy atom. The van der Waals surface area contributed by atoms with Crippen molar-refractivity contribution in [2.24, 2.45) is 0 Å². The third-order valence-corrected chi connectivity index (χ3v) is 8.51. The van der Waals surface area contributed by atoms with E-state index in [0.29, 0.717) is 18.7 Å². The van der Waals surface area contributed by atoms with Gasteiger partial charge in [-0.1, -0.05) is 15.9 Å². The molecule has 2 heterocycles. The summed E-state index contributed by atoms with van der Waals surface area (Å²) in [5, 5.41) is 2.99. The summed E-state index contributed by atoms with van der Waals surface area (Å²) in [5.41, 5.74) is 1.52. The van der Waals surface area contributed by atoms with Crippen LogP contribution >= 0.6 is 39.5 Å². The number of halogens is 1. The van der Waals surface area contributed by atoms with Gasteiger partial charge in [0.1, 0.15) is 0 Å². The highest BCUT2D eigenvalue weighted by Gasteiger charge is 2.47. The average molecular weight is 506 g/mol. The van der Waals surface area contributed by atoms with Crippen molar-refractivity contribution in [2.75, 3.05) is 37.0 Å². The fourth-order valence-corrected chi connectivity index (χ4v) is 6.12. The van der Waals surface area contributed by atoms with E-state index in [1.54, 1.807) is 11.8 Å². The summed E-state index contributed by atoms with van der Waals surface area (Å²) in [7, 11) is 0. The number of piperidine rings is 1. The van der Waals surface area contributed by atoms with E-state index in [4.69, 9.17) is 0 Å². The lowest BCUT2D eigenvalue weighted by Crippen LogP contribution is -2.54. The van der Waals surface area contributed by atoms with E-state index >= 15 is 0 Å². The van der Waals surface area contributed by atoms with Crippen LogP contribution in [0.15, 0.2) is 57.9 Å². The minimum absolute atomic E-state index is 0.0736. The highest BCUT2D eigenvalue weighted by molar-refractivity contribution is 9.10. The monoisotopic (exact) mass is 505 g/mol. The number of likely N-dealkylation sites (tertiary alicyclic amines) is 1. The molecule has 1 N–H and O–H groups in total. The first-order valence-electron chi connectivity index (χ1n) is 9.92. The lowest BCUT2D eigenvalue weighted by molar-refractivity contribution is 0.0585. The molecule has 2 saturated heterocycles. The Bertz CT molecular complexity index is 913. The van der Waals surface area contributed by atoms with Gasteiger partial charge in [-0.3, -0.25) is 4.79 Å². The van der Waals surface area contributed by atoms with Crippen molar-refractivity contribution < 1.29 is 9.59 Å². The fourth-order valence-electron chi connectivity index (χ4n) is 3.99. The molecule has 3 amide bonds. The molecule has 0 saturated carbocycles. The lowest BCUT2D eigenvalue weighted by atomic mass is 10.0. The fraction of sp³-hybridized carbons (Fsp3) is 0.364. The van der Waals surface area contributed by atoms with Crippen LogP contribution in [0.2, 0.25) is 0 Å². The molecule has 2 aromatic carbocycles. The van der Waals surface area contributed by atoms with Crippen molar-refractivity contribution in [1.82, 2.24) is 9.80 Å². The molecule has 0 bridgehead atoms. The summed E-state index contributed by atoms with van der Waals surface area (Å²) >= 11 is 6.96. The minimum Gasteiger partial charge on any atom is -0.324 e. The smallest absolute Gasteiger partial charge is 0.321 e. The molecule has 1 spiro atoms. The van der Waals surface area contributed by atoms with Gasteiger partial charge in [0, 0.05) is 46.0 Å². The van der Waals surface area contributed by atoms with Crippen molar-refractivity contribution in [3.63, 3.8) is 0 Å². The highest BCUT2D eigenvalue weighted by Crippen LogP contribution is 2.44. The van der Waals surface area contributed by atoms with Crippen LogP contribution in [0.1, 0.15) is 23.2 Å². The molecule has 2 aliphatic heterocycles. The maximum absolute atomic E-state index is 13.1. The van der Waals surface area contributed by atoms with E-state index in [-0.39, 0.29) is 16.8 Å². The van der Waals surface area contributed by atoms with Crippen molar-refractivity contribution in [1.29, 1.82) is 0 Å². The van der Waals surface area contributed by atoms with Crippen molar-refractivity contribution in [2.45, 2.75) is 22.6 Å². The van der Waals surface area contributed by atoms with Gasteiger partial charge in [0.15, 0.2) is 0 Å². The predicted molar refractivity (Wildman–Crippen MR) is 128 cm³/mol. The standard InChI is InChI=1S/C22H24BrN3O2S2/c1-29-19-8-6-18(7-9-19)24-21(28)25-12-10-22(11-13-25)26(14-15-30-22)20(27)16-2-4-17(23)5-3-16/h2-9H,10-15H2,1H3,(H,24,28). The number of carbonyl (C=O) groups excluding carboxylic acids is 2. The summed E-state index contributed by atoms with van der Waals surface area (Å²) in [6, 6.07) is 15.3. The first-order valence-corrected chi connectivity index (χ1v) is 12.9. The van der Waals surface area contributed by atoms with E-state index in [1.807, 2.05) is 76.3 Å². The van der Waals surface area contributed by atoms with Gasteiger partial charge in [-0.15, -0.1) is 23.5 Å². The normalized spacial score (nSPS) is 17.9. The number of rotatable bonds is 3. The quantitative estimate of drug-likeness (QED) is 0.568. The predicted octanol–water partition coefficient (Wildman–Crippen LogP) is 5.38. The molecule has 5 nitrogen and oxygen atoms in total. The maximum atomic E-state index is 13.1. The van der Waals surface area contributed by atoms with Crippen molar-refractivity contribution in [3.05, 3.63) is 58.6 Å². The first-order chi connectivity index (χ1) is 14.5. The molecule has 0 atom stereocenters. The van der Waals surface area contributed by atoms with E-state index in [0.717, 1.165) is 35.3 Å². The van der Waals surface area contributed by atoms with Crippen LogP contribution in [0.3, 0.4) is 0 Å². The number of urea groups is 1. The topological polar surface area (TPSA) is 52.7 Å². The second kappa shape index (κ2) is 9.24. The molecule has 2 fully saturated rings. The lowest BCUT2D eigenvalue weighted by Gasteiger charge is -2.44. The third-order valence-electron chi connectivity index (χ3n) is 5.69. The number of hydrogen-bond donors (Lipinski definition) is 1. The molecule has 0 unspecified atom stereocenters. The summed E-state index contributed by atoms with van der Waals surface area (Å²) in [5.74, 6) is 1.02. The number of hydrogen-bond acceptors (Lipinski definition) is 4. The van der Waals surface area contributed by atoms with Crippen molar-refractivity contribution >= 4 is 57.1 Å². The van der Waals surface area contributed by atoms with Gasteiger partial charge in [0.25, 0.3) is 5.91 Å². The molecular formula is C22H24BrN3O2S2. The summed E-state index contributed by atoms with van der Waals surface area (Å²) in [6.07, 6.45) is 3.61. The summed E-state index contributed by atoms with van der Waals surface area (Å²) in [6.45, 7) is 2.05. The average Bonchev–Trinajstić information content (AvgIpc) is 3.17. The summed E-state index contributed by atoms with van der Waals surface area (Å²) < 4.78 is 0.965. The van der Waals surface area contributed by atoms with Crippen LogP contribution in [0.5, 0.6) is 0 Å². The molecular weight excluding hydrogens is 482 g/mol. The number of carbonyl (C=O) groups is 2. The van der Waals surface area contributed by atoms with Crippen LogP contribution in [-0.2, 0) is 0 Å². The van der Waals surface area contributed by atoms with Gasteiger partial charge in [-0.2, -0.15) is 0 Å². The molecule has 0 radical (unpaired) electrons. The number of benzene rings is 2. The molecule has 8 heteroatoms. The Morgan fingerprint density at radius 3 is 2.33 bits per heavy atom. The number of amides is 3. The van der Waals surface area contributed by atoms with Crippen LogP contribution in [0.25, 0.3) is 0 Å². The van der Waals surface area contributed by atoms with Gasteiger partial charge in [-0.25, -0.2) is 4.79 Å². The van der Waals surface area contributed by atoms with E-state index in [9.17, 15) is 9.59 Å². The van der Waals surface area contributed by atoms with E-state index in [1.165, 1.54) is 4.90 Å². The Hall–Kier alpha value is -1.64. The van der Waals surface area contributed by atoms with Crippen LogP contribution < -0.4 is 5.32 Å². The molecule has 30 heavy (non-hydrogen) atoms.